The number of nitro groups is 1. The number of rotatable bonds is 13. The van der Waals surface area contributed by atoms with Crippen LogP contribution < -0.4 is 10.1 Å². The minimum Gasteiger partial charge on any atom is -0.494 e. The molecule has 1 aromatic heterocycles. The predicted octanol–water partition coefficient (Wildman–Crippen LogP) is 7.46. The lowest BCUT2D eigenvalue weighted by atomic mass is 9.95. The van der Waals surface area contributed by atoms with Crippen LogP contribution in [0.25, 0.3) is 22.0 Å². The average molecular weight is 592 g/mol. The van der Waals surface area contributed by atoms with Gasteiger partial charge in [-0.25, -0.2) is 4.79 Å². The first-order chi connectivity index (χ1) is 21.4. The number of carbonyl (C=O) groups excluding carboxylic acids is 2. The van der Waals surface area contributed by atoms with Gasteiger partial charge in [0.2, 0.25) is 0 Å². The van der Waals surface area contributed by atoms with E-state index in [1.54, 1.807) is 0 Å². The Bertz CT molecular complexity index is 1830. The van der Waals surface area contributed by atoms with E-state index in [1.165, 1.54) is 31.9 Å². The third-order valence-corrected chi connectivity index (χ3v) is 7.68. The Morgan fingerprint density at radius 1 is 0.955 bits per heavy atom. The summed E-state index contributed by atoms with van der Waals surface area (Å²) in [6.07, 6.45) is 3.67. The van der Waals surface area contributed by atoms with Gasteiger partial charge < -0.3 is 19.4 Å². The van der Waals surface area contributed by atoms with E-state index in [-0.39, 0.29) is 22.7 Å². The Hall–Kier alpha value is -5.44. The van der Waals surface area contributed by atoms with Gasteiger partial charge in [-0.3, -0.25) is 14.9 Å². The highest BCUT2D eigenvalue weighted by Crippen LogP contribution is 2.37. The number of benzene rings is 4. The number of fused-ring (bicyclic) bond motifs is 1. The molecule has 0 amide bonds. The summed E-state index contributed by atoms with van der Waals surface area (Å²) in [7, 11) is 2.61. The Kier molecular flexibility index (Phi) is 9.34. The average Bonchev–Trinajstić information content (AvgIpc) is 3.42. The number of para-hydroxylation sites is 1. The topological polar surface area (TPSA) is 113 Å². The summed E-state index contributed by atoms with van der Waals surface area (Å²) >= 11 is 0. The van der Waals surface area contributed by atoms with Gasteiger partial charge >= 0.3 is 5.97 Å². The number of methoxy groups -OCH3 is 2. The van der Waals surface area contributed by atoms with Crippen LogP contribution in [0, 0.1) is 10.1 Å². The normalized spacial score (nSPS) is 10.9. The molecule has 0 aliphatic rings. The van der Waals surface area contributed by atoms with Crippen LogP contribution >= 0.6 is 0 Å². The van der Waals surface area contributed by atoms with Crippen molar-refractivity contribution in [1.29, 1.82) is 0 Å². The second-order valence-corrected chi connectivity index (χ2v) is 10.4. The fourth-order valence-corrected chi connectivity index (χ4v) is 5.54. The fraction of sp³-hybridized carbons (Fsp3) is 0.200. The molecule has 1 heterocycles. The molecule has 1 N–H and O–H groups in total. The maximum absolute atomic E-state index is 12.0. The summed E-state index contributed by atoms with van der Waals surface area (Å²) in [4.78, 5) is 35.0. The number of nitrogens with one attached hydrogen (secondary N) is 1. The van der Waals surface area contributed by atoms with Crippen molar-refractivity contribution in [3.63, 3.8) is 0 Å². The van der Waals surface area contributed by atoms with Gasteiger partial charge in [-0.05, 0) is 65.8 Å². The molecule has 0 unspecified atom stereocenters. The first-order valence-corrected chi connectivity index (χ1v) is 14.3. The molecule has 0 bridgehead atoms. The molecule has 5 aromatic rings. The van der Waals surface area contributed by atoms with Crippen LogP contribution in [0.4, 0.5) is 11.4 Å². The van der Waals surface area contributed by atoms with Crippen LogP contribution in [-0.2, 0) is 24.2 Å². The van der Waals surface area contributed by atoms with E-state index >= 15 is 0 Å². The number of nitro benzene ring substituents is 1. The lowest BCUT2D eigenvalue weighted by Gasteiger charge is -2.14. The van der Waals surface area contributed by atoms with E-state index in [0.29, 0.717) is 12.2 Å². The van der Waals surface area contributed by atoms with Crippen molar-refractivity contribution in [3.8, 4) is 16.9 Å². The molecular formula is C35H33N3O6. The number of carbonyl (C=O) groups is 2. The first kappa shape index (κ1) is 30.0. The van der Waals surface area contributed by atoms with Gasteiger partial charge in [-0.2, -0.15) is 0 Å². The van der Waals surface area contributed by atoms with E-state index < -0.39 is 10.9 Å². The Balaban J connectivity index is 1.30. The number of nitrogens with zero attached hydrogens (tertiary/aromatic N) is 2. The second-order valence-electron chi connectivity index (χ2n) is 10.4. The van der Waals surface area contributed by atoms with Crippen molar-refractivity contribution in [2.24, 2.45) is 0 Å². The summed E-state index contributed by atoms with van der Waals surface area (Å²) in [5, 5.41) is 16.1. The number of esters is 1. The van der Waals surface area contributed by atoms with Gasteiger partial charge in [0.05, 0.1) is 30.4 Å². The molecule has 4 aromatic carbocycles. The second kappa shape index (κ2) is 13.7. The zero-order valence-corrected chi connectivity index (χ0v) is 24.6. The molecule has 5 rings (SSSR count). The van der Waals surface area contributed by atoms with Crippen LogP contribution in [0.15, 0.2) is 91.0 Å². The summed E-state index contributed by atoms with van der Waals surface area (Å²) in [6, 6.07) is 28.9. The summed E-state index contributed by atoms with van der Waals surface area (Å²) in [5.41, 5.74) is 6.02. The van der Waals surface area contributed by atoms with Crippen molar-refractivity contribution in [3.05, 3.63) is 123 Å². The zero-order chi connectivity index (χ0) is 31.1. The van der Waals surface area contributed by atoms with Gasteiger partial charge in [-0.15, -0.1) is 0 Å². The van der Waals surface area contributed by atoms with Crippen LogP contribution in [0.3, 0.4) is 0 Å². The molecular weight excluding hydrogens is 558 g/mol. The number of hydrogen-bond acceptors (Lipinski definition) is 7. The highest BCUT2D eigenvalue weighted by Gasteiger charge is 2.23. The van der Waals surface area contributed by atoms with Crippen LogP contribution in [0.1, 0.15) is 44.8 Å². The van der Waals surface area contributed by atoms with E-state index in [9.17, 15) is 19.7 Å². The number of ether oxygens (including phenoxy) is 2. The number of unbranched alkanes of at least 4 members (excludes halogenated alkanes) is 1. The monoisotopic (exact) mass is 591 g/mol. The lowest BCUT2D eigenvalue weighted by Crippen LogP contribution is -2.08. The molecule has 9 heteroatoms. The number of aldehydes is 1. The fourth-order valence-electron chi connectivity index (χ4n) is 5.54. The number of aromatic nitrogens is 1. The largest absolute Gasteiger partial charge is 0.494 e. The molecule has 9 nitrogen and oxygen atoms in total. The molecule has 0 radical (unpaired) electrons. The van der Waals surface area contributed by atoms with E-state index in [4.69, 9.17) is 9.47 Å². The van der Waals surface area contributed by atoms with Gasteiger partial charge in [0.25, 0.3) is 5.69 Å². The van der Waals surface area contributed by atoms with E-state index in [0.717, 1.165) is 59.7 Å². The third kappa shape index (κ3) is 6.47. The highest BCUT2D eigenvalue weighted by atomic mass is 16.6. The van der Waals surface area contributed by atoms with Crippen LogP contribution in [0.5, 0.6) is 5.75 Å². The summed E-state index contributed by atoms with van der Waals surface area (Å²) < 4.78 is 12.2. The quantitative estimate of drug-likeness (QED) is 0.0497. The smallest absolute Gasteiger partial charge is 0.338 e. The molecule has 0 fully saturated rings. The first-order valence-electron chi connectivity index (χ1n) is 14.3. The summed E-state index contributed by atoms with van der Waals surface area (Å²) in [6.45, 7) is 1.07. The van der Waals surface area contributed by atoms with Gasteiger partial charge in [0, 0.05) is 30.1 Å². The van der Waals surface area contributed by atoms with Crippen molar-refractivity contribution in [1.82, 2.24) is 4.57 Å². The van der Waals surface area contributed by atoms with Crippen molar-refractivity contribution in [2.75, 3.05) is 19.5 Å². The molecule has 0 aliphatic heterocycles. The Morgan fingerprint density at radius 3 is 2.52 bits per heavy atom. The van der Waals surface area contributed by atoms with Crippen LogP contribution in [0.2, 0.25) is 0 Å². The minimum atomic E-state index is -0.687. The van der Waals surface area contributed by atoms with Crippen molar-refractivity contribution >= 4 is 34.5 Å². The van der Waals surface area contributed by atoms with E-state index in [2.05, 4.69) is 34.1 Å². The molecule has 0 saturated carbocycles. The molecule has 0 atom stereocenters. The van der Waals surface area contributed by atoms with Gasteiger partial charge in [0.1, 0.15) is 5.75 Å². The number of hydrogen-bond donors (Lipinski definition) is 1. The van der Waals surface area contributed by atoms with Gasteiger partial charge in [0.15, 0.2) is 12.0 Å². The van der Waals surface area contributed by atoms with Crippen LogP contribution in [-0.4, -0.2) is 36.0 Å². The number of aryl methyl sites for hydroxylation is 2. The molecule has 0 aliphatic carbocycles. The molecule has 0 saturated heterocycles. The standard InChI is InChI=1S/C35H33N3O6/c1-43-33-21-28(35(40)44-2)20-32(38(41)42)34(33)36-22-24-10-9-14-26(18-24)30-15-5-3-11-25(30)12-7-8-17-37-29(23-39)19-27-13-4-6-16-31(27)37/h3-6,9-11,13-16,18-21,23,36H,7-8,12,17,22H2,1-2H3. The number of anilines is 1. The highest BCUT2D eigenvalue weighted by molar-refractivity contribution is 5.93. The van der Waals surface area contributed by atoms with Crippen molar-refractivity contribution in [2.45, 2.75) is 32.4 Å². The van der Waals surface area contributed by atoms with E-state index in [1.807, 2.05) is 54.6 Å². The SMILES string of the molecule is COC(=O)c1cc(OC)c(NCc2cccc(-c3ccccc3CCCCn3c(C=O)cc4ccccc43)c2)c([N+](=O)[O-])c1. The zero-order valence-electron chi connectivity index (χ0n) is 24.6. The predicted molar refractivity (Wildman–Crippen MR) is 170 cm³/mol. The molecule has 0 spiro atoms. The Morgan fingerprint density at radius 2 is 1.75 bits per heavy atom. The molecule has 224 valence electrons. The maximum atomic E-state index is 12.0. The Labute approximate surface area is 255 Å². The third-order valence-electron chi connectivity index (χ3n) is 7.68. The lowest BCUT2D eigenvalue weighted by molar-refractivity contribution is -0.384. The van der Waals surface area contributed by atoms with Crippen molar-refractivity contribution < 1.29 is 24.0 Å². The maximum Gasteiger partial charge on any atom is 0.338 e. The minimum absolute atomic E-state index is 0.0334. The summed E-state index contributed by atoms with van der Waals surface area (Å²) in [5.74, 6) is -0.512. The molecule has 44 heavy (non-hydrogen) atoms. The van der Waals surface area contributed by atoms with Gasteiger partial charge in [-0.1, -0.05) is 60.7 Å².